The number of methoxy groups -OCH3 is 2. The van der Waals surface area contributed by atoms with Crippen molar-refractivity contribution in [3.05, 3.63) is 89.2 Å². The molecule has 4 aromatic rings. The third-order valence-electron chi connectivity index (χ3n) is 5.71. The highest BCUT2D eigenvalue weighted by Crippen LogP contribution is 2.52. The van der Waals surface area contributed by atoms with E-state index in [2.05, 4.69) is 18.2 Å². The summed E-state index contributed by atoms with van der Waals surface area (Å²) in [5.74, 6) is 0.709. The second-order valence-electron chi connectivity index (χ2n) is 7.21. The van der Waals surface area contributed by atoms with Crippen molar-refractivity contribution in [3.63, 3.8) is 0 Å². The van der Waals surface area contributed by atoms with E-state index in [-0.39, 0.29) is 23.2 Å². The minimum Gasteiger partial charge on any atom is -0.508 e. The number of halogens is 1. The van der Waals surface area contributed by atoms with Crippen LogP contribution in [0.15, 0.2) is 66.7 Å². The van der Waals surface area contributed by atoms with Gasteiger partial charge in [-0.15, -0.1) is 0 Å². The Kier molecular flexibility index (Phi) is 3.95. The molecule has 29 heavy (non-hydrogen) atoms. The molecule has 4 heteroatoms. The van der Waals surface area contributed by atoms with Crippen molar-refractivity contribution in [3.8, 4) is 28.4 Å². The zero-order valence-corrected chi connectivity index (χ0v) is 16.1. The maximum Gasteiger partial charge on any atom is 0.165 e. The Bertz CT molecular complexity index is 1250. The molecular formula is C25H19FO3. The molecule has 0 heterocycles. The molecule has 0 saturated carbocycles. The fraction of sp³-hybridized carbons (Fsp3) is 0.120. The molecule has 0 aromatic heterocycles. The molecule has 0 bridgehead atoms. The fourth-order valence-corrected chi connectivity index (χ4v) is 4.37. The molecule has 0 saturated heterocycles. The number of phenolic OH excluding ortho intramolecular Hbond substituents is 1. The van der Waals surface area contributed by atoms with E-state index in [9.17, 15) is 9.50 Å². The number of aromatic hydroxyl groups is 1. The molecule has 1 N–H and O–H groups in total. The van der Waals surface area contributed by atoms with E-state index in [1.807, 2.05) is 24.3 Å². The van der Waals surface area contributed by atoms with Crippen LogP contribution in [-0.4, -0.2) is 19.3 Å². The maximum absolute atomic E-state index is 14.7. The van der Waals surface area contributed by atoms with Crippen molar-refractivity contribution >= 4 is 10.8 Å². The summed E-state index contributed by atoms with van der Waals surface area (Å²) >= 11 is 0. The van der Waals surface area contributed by atoms with Gasteiger partial charge in [0.15, 0.2) is 11.6 Å². The van der Waals surface area contributed by atoms with Crippen molar-refractivity contribution in [1.82, 2.24) is 0 Å². The van der Waals surface area contributed by atoms with Gasteiger partial charge < -0.3 is 14.6 Å². The van der Waals surface area contributed by atoms with Gasteiger partial charge in [0.1, 0.15) is 11.5 Å². The van der Waals surface area contributed by atoms with E-state index >= 15 is 0 Å². The maximum atomic E-state index is 14.7. The van der Waals surface area contributed by atoms with Crippen LogP contribution in [0, 0.1) is 5.82 Å². The number of rotatable bonds is 3. The molecule has 5 rings (SSSR count). The summed E-state index contributed by atoms with van der Waals surface area (Å²) in [7, 11) is 3.13. The summed E-state index contributed by atoms with van der Waals surface area (Å²) in [4.78, 5) is 0. The number of ether oxygens (including phenoxy) is 2. The van der Waals surface area contributed by atoms with Crippen LogP contribution in [0.1, 0.15) is 22.6 Å². The first kappa shape index (κ1) is 17.6. The van der Waals surface area contributed by atoms with Gasteiger partial charge in [-0.1, -0.05) is 30.3 Å². The summed E-state index contributed by atoms with van der Waals surface area (Å²) in [6.45, 7) is 0. The van der Waals surface area contributed by atoms with Crippen molar-refractivity contribution in [1.29, 1.82) is 0 Å². The molecule has 144 valence electrons. The monoisotopic (exact) mass is 386 g/mol. The lowest BCUT2D eigenvalue weighted by atomic mass is 9.86. The predicted octanol–water partition coefficient (Wildman–Crippen LogP) is 5.86. The summed E-state index contributed by atoms with van der Waals surface area (Å²) in [5.41, 5.74) is 5.05. The Morgan fingerprint density at radius 1 is 0.828 bits per heavy atom. The van der Waals surface area contributed by atoms with Gasteiger partial charge in [0.2, 0.25) is 0 Å². The number of benzene rings is 4. The summed E-state index contributed by atoms with van der Waals surface area (Å²) in [5, 5.41) is 11.9. The molecule has 0 spiro atoms. The molecule has 1 unspecified atom stereocenters. The van der Waals surface area contributed by atoms with Crippen LogP contribution in [0.4, 0.5) is 4.39 Å². The number of hydrogen-bond donors (Lipinski definition) is 1. The molecule has 0 radical (unpaired) electrons. The Morgan fingerprint density at radius 2 is 1.62 bits per heavy atom. The zero-order chi connectivity index (χ0) is 20.1. The van der Waals surface area contributed by atoms with Crippen LogP contribution in [0.5, 0.6) is 17.2 Å². The zero-order valence-electron chi connectivity index (χ0n) is 16.1. The number of phenols is 1. The first-order valence-corrected chi connectivity index (χ1v) is 9.38. The Morgan fingerprint density at radius 3 is 2.34 bits per heavy atom. The highest BCUT2D eigenvalue weighted by molar-refractivity contribution is 5.98. The van der Waals surface area contributed by atoms with Gasteiger partial charge in [-0.25, -0.2) is 4.39 Å². The first-order valence-electron chi connectivity index (χ1n) is 9.38. The fourth-order valence-electron chi connectivity index (χ4n) is 4.37. The van der Waals surface area contributed by atoms with Gasteiger partial charge in [-0.05, 0) is 75.0 Å². The van der Waals surface area contributed by atoms with Crippen LogP contribution >= 0.6 is 0 Å². The molecule has 3 nitrogen and oxygen atoms in total. The average Bonchev–Trinajstić information content (AvgIpc) is 3.06. The van der Waals surface area contributed by atoms with Crippen LogP contribution < -0.4 is 9.47 Å². The highest BCUT2D eigenvalue weighted by atomic mass is 19.1. The molecule has 0 fully saturated rings. The second kappa shape index (κ2) is 6.52. The average molecular weight is 386 g/mol. The van der Waals surface area contributed by atoms with Crippen LogP contribution in [0.25, 0.3) is 21.9 Å². The van der Waals surface area contributed by atoms with Gasteiger partial charge in [0.25, 0.3) is 0 Å². The minimum absolute atomic E-state index is 0.141. The minimum atomic E-state index is -0.381. The Balaban J connectivity index is 1.84. The number of hydrogen-bond acceptors (Lipinski definition) is 3. The number of fused-ring (bicyclic) bond motifs is 5. The lowest BCUT2D eigenvalue weighted by Crippen LogP contribution is -2.01. The third kappa shape index (κ3) is 2.64. The van der Waals surface area contributed by atoms with Crippen LogP contribution in [0.2, 0.25) is 0 Å². The Hall–Kier alpha value is -3.53. The first-order chi connectivity index (χ1) is 14.1. The highest BCUT2D eigenvalue weighted by Gasteiger charge is 2.33. The van der Waals surface area contributed by atoms with E-state index in [4.69, 9.17) is 9.47 Å². The molecule has 1 aliphatic rings. The van der Waals surface area contributed by atoms with Crippen molar-refractivity contribution in [2.24, 2.45) is 0 Å². The van der Waals surface area contributed by atoms with Crippen LogP contribution in [-0.2, 0) is 0 Å². The Labute approximate surface area is 168 Å². The molecule has 4 aromatic carbocycles. The molecule has 1 atom stereocenters. The van der Waals surface area contributed by atoms with E-state index in [0.717, 1.165) is 44.3 Å². The smallest absolute Gasteiger partial charge is 0.165 e. The largest absolute Gasteiger partial charge is 0.508 e. The van der Waals surface area contributed by atoms with Gasteiger partial charge >= 0.3 is 0 Å². The quantitative estimate of drug-likeness (QED) is 0.422. The van der Waals surface area contributed by atoms with Crippen molar-refractivity contribution in [2.75, 3.05) is 14.2 Å². The molecule has 0 aliphatic heterocycles. The standard InChI is InChI=1S/C25H19FO3/c1-28-17-8-10-18-15(11-17)5-9-19-20-13-23(29-2)22(26)12-21(20)24(25(18)19)14-3-6-16(27)7-4-14/h3-13,24,27H,1-2H3. The molecular weight excluding hydrogens is 367 g/mol. The molecule has 0 amide bonds. The van der Waals surface area contributed by atoms with E-state index in [0.29, 0.717) is 0 Å². The van der Waals surface area contributed by atoms with Gasteiger partial charge in [0.05, 0.1) is 14.2 Å². The van der Waals surface area contributed by atoms with Gasteiger partial charge in [0, 0.05) is 5.92 Å². The SMILES string of the molecule is COc1ccc2c3c(ccc2c1)-c1cc(OC)c(F)cc1C3c1ccc(O)cc1. The van der Waals surface area contributed by atoms with Crippen molar-refractivity contribution in [2.45, 2.75) is 5.92 Å². The topological polar surface area (TPSA) is 38.7 Å². The van der Waals surface area contributed by atoms with Crippen molar-refractivity contribution < 1.29 is 19.0 Å². The summed E-state index contributed by atoms with van der Waals surface area (Å²) in [6.07, 6.45) is 0. The van der Waals surface area contributed by atoms with Gasteiger partial charge in [-0.3, -0.25) is 0 Å². The van der Waals surface area contributed by atoms with E-state index in [1.54, 1.807) is 31.4 Å². The van der Waals surface area contributed by atoms with Gasteiger partial charge in [-0.2, -0.15) is 0 Å². The lowest BCUT2D eigenvalue weighted by molar-refractivity contribution is 0.386. The predicted molar refractivity (Wildman–Crippen MR) is 111 cm³/mol. The lowest BCUT2D eigenvalue weighted by Gasteiger charge is -2.17. The van der Waals surface area contributed by atoms with Crippen LogP contribution in [0.3, 0.4) is 0 Å². The second-order valence-corrected chi connectivity index (χ2v) is 7.21. The summed E-state index contributed by atoms with van der Waals surface area (Å²) < 4.78 is 25.3. The van der Waals surface area contributed by atoms with E-state index < -0.39 is 0 Å². The normalized spacial score (nSPS) is 14.5. The molecule has 1 aliphatic carbocycles. The van der Waals surface area contributed by atoms with E-state index in [1.165, 1.54) is 7.11 Å². The third-order valence-corrected chi connectivity index (χ3v) is 5.71. The summed E-state index contributed by atoms with van der Waals surface area (Å²) in [6, 6.07) is 20.6.